The Morgan fingerprint density at radius 3 is 2.90 bits per heavy atom. The number of likely N-dealkylation sites (tertiary alicyclic amines) is 1. The number of nitrogens with zero attached hydrogens (tertiary/aromatic N) is 1. The number of hydroxylamine groups is 1. The van der Waals surface area contributed by atoms with Crippen LogP contribution in [0.2, 0.25) is 0 Å². The van der Waals surface area contributed by atoms with E-state index in [2.05, 4.69) is 15.4 Å². The van der Waals surface area contributed by atoms with Crippen LogP contribution in [0.4, 0.5) is 4.39 Å². The Bertz CT molecular complexity index is 1400. The lowest BCUT2D eigenvalue weighted by Gasteiger charge is -2.44. The molecule has 2 saturated heterocycles. The van der Waals surface area contributed by atoms with Crippen molar-refractivity contribution in [3.63, 3.8) is 0 Å². The van der Waals surface area contributed by atoms with Crippen molar-refractivity contribution in [2.24, 2.45) is 0 Å². The quantitative estimate of drug-likeness (QED) is 0.346. The summed E-state index contributed by atoms with van der Waals surface area (Å²) in [5.41, 5.74) is 5.11. The van der Waals surface area contributed by atoms with Crippen LogP contribution in [0.25, 0.3) is 17.0 Å². The number of ether oxygens (including phenoxy) is 2. The molecule has 4 heterocycles. The molecule has 3 aromatic rings. The molecule has 3 aliphatic heterocycles. The number of benzene rings is 2. The highest BCUT2D eigenvalue weighted by molar-refractivity contribution is 6.01. The first kappa shape index (κ1) is 25.7. The molecule has 0 bridgehead atoms. The minimum absolute atomic E-state index is 0.0563. The number of aromatic nitrogens is 1. The van der Waals surface area contributed by atoms with Gasteiger partial charge in [0.1, 0.15) is 17.2 Å². The molecule has 1 spiro atoms. The van der Waals surface area contributed by atoms with Crippen LogP contribution >= 0.6 is 0 Å². The van der Waals surface area contributed by atoms with Crippen LogP contribution in [-0.4, -0.2) is 53.2 Å². The Balaban J connectivity index is 1.05. The number of ketones is 1. The number of hydrogen-bond acceptors (Lipinski definition) is 6. The van der Waals surface area contributed by atoms with E-state index in [1.165, 1.54) is 18.2 Å². The van der Waals surface area contributed by atoms with Gasteiger partial charge in [0.05, 0.1) is 12.0 Å². The standard InChI is InChI=1S/C30H32FN3O5/c31-22-6-7-23-21(18-32-25(23)16-22)19-34-12-10-30(11-13-34)17-26(35)24-15-20(4-8-27(24)38-30)5-9-28(36)33-39-29-3-1-2-14-37-29/h4-9,15-16,18,29,32H,1-3,10-14,17,19H2,(H,33,36)/b9-5+. The van der Waals surface area contributed by atoms with E-state index >= 15 is 0 Å². The Kier molecular flexibility index (Phi) is 7.20. The van der Waals surface area contributed by atoms with Gasteiger partial charge in [0.15, 0.2) is 12.1 Å². The van der Waals surface area contributed by atoms with Crippen LogP contribution in [0.1, 0.15) is 60.0 Å². The lowest BCUT2D eigenvalue weighted by Crippen LogP contribution is -2.50. The third-order valence-electron chi connectivity index (χ3n) is 7.86. The van der Waals surface area contributed by atoms with E-state index in [1.807, 2.05) is 24.4 Å². The molecule has 0 saturated carbocycles. The van der Waals surface area contributed by atoms with Crippen LogP contribution in [0.5, 0.6) is 5.75 Å². The van der Waals surface area contributed by atoms with Crippen molar-refractivity contribution in [3.8, 4) is 5.75 Å². The molecule has 8 nitrogen and oxygen atoms in total. The maximum atomic E-state index is 13.5. The number of rotatable bonds is 6. The van der Waals surface area contributed by atoms with Crippen molar-refractivity contribution in [1.82, 2.24) is 15.4 Å². The second kappa shape index (κ2) is 10.9. The summed E-state index contributed by atoms with van der Waals surface area (Å²) in [5.74, 6) is 0.00686. The van der Waals surface area contributed by atoms with Crippen molar-refractivity contribution in [3.05, 3.63) is 71.2 Å². The predicted molar refractivity (Wildman–Crippen MR) is 143 cm³/mol. The fourth-order valence-electron chi connectivity index (χ4n) is 5.68. The number of aromatic amines is 1. The molecule has 1 amide bonds. The predicted octanol–water partition coefficient (Wildman–Crippen LogP) is 4.89. The lowest BCUT2D eigenvalue weighted by atomic mass is 9.82. The third kappa shape index (κ3) is 5.75. The van der Waals surface area contributed by atoms with Crippen LogP contribution in [0.3, 0.4) is 0 Å². The van der Waals surface area contributed by atoms with E-state index in [-0.39, 0.29) is 11.6 Å². The maximum Gasteiger partial charge on any atom is 0.267 e. The average Bonchev–Trinajstić information content (AvgIpc) is 3.34. The zero-order valence-corrected chi connectivity index (χ0v) is 21.7. The normalized spacial score (nSPS) is 21.3. The average molecular weight is 534 g/mol. The first-order chi connectivity index (χ1) is 19.0. The molecule has 6 rings (SSSR count). The zero-order valence-electron chi connectivity index (χ0n) is 21.7. The summed E-state index contributed by atoms with van der Waals surface area (Å²) in [5, 5.41) is 1.03. The third-order valence-corrected chi connectivity index (χ3v) is 7.86. The number of carbonyl (C=O) groups excluding carboxylic acids is 2. The Hall–Kier alpha value is -3.53. The largest absolute Gasteiger partial charge is 0.486 e. The Morgan fingerprint density at radius 2 is 2.08 bits per heavy atom. The molecule has 2 aromatic carbocycles. The van der Waals surface area contributed by atoms with E-state index in [1.54, 1.807) is 12.1 Å². The summed E-state index contributed by atoms with van der Waals surface area (Å²) in [6.07, 6.45) is 9.16. The van der Waals surface area contributed by atoms with Gasteiger partial charge in [0.2, 0.25) is 0 Å². The number of H-pyrrole nitrogens is 1. The molecule has 9 heteroatoms. The molecule has 204 valence electrons. The summed E-state index contributed by atoms with van der Waals surface area (Å²) >= 11 is 0. The second-order valence-electron chi connectivity index (χ2n) is 10.6. The lowest BCUT2D eigenvalue weighted by molar-refractivity contribution is -0.198. The molecule has 2 N–H and O–H groups in total. The van der Waals surface area contributed by atoms with Gasteiger partial charge in [-0.3, -0.25) is 14.5 Å². The molecule has 1 atom stereocenters. The van der Waals surface area contributed by atoms with E-state index in [9.17, 15) is 14.0 Å². The SMILES string of the molecule is O=C(/C=C/c1ccc2c(c1)C(=O)CC1(CCN(Cc3c[nH]c4cc(F)ccc34)CC1)O2)NOC1CCCCO1. The van der Waals surface area contributed by atoms with Gasteiger partial charge in [-0.2, -0.15) is 0 Å². The summed E-state index contributed by atoms with van der Waals surface area (Å²) < 4.78 is 25.4. The molecule has 3 aliphatic rings. The summed E-state index contributed by atoms with van der Waals surface area (Å²) in [6, 6.07) is 10.2. The van der Waals surface area contributed by atoms with E-state index < -0.39 is 17.8 Å². The summed E-state index contributed by atoms with van der Waals surface area (Å²) in [7, 11) is 0. The van der Waals surface area contributed by atoms with Crippen molar-refractivity contribution < 1.29 is 28.3 Å². The van der Waals surface area contributed by atoms with Gasteiger partial charge < -0.3 is 14.5 Å². The molecule has 1 unspecified atom stereocenters. The highest BCUT2D eigenvalue weighted by Crippen LogP contribution is 2.40. The smallest absolute Gasteiger partial charge is 0.267 e. The first-order valence-electron chi connectivity index (χ1n) is 13.6. The number of hydrogen-bond donors (Lipinski definition) is 2. The number of nitrogens with one attached hydrogen (secondary N) is 2. The number of Topliss-reactive ketones (excluding diaryl/α,β-unsaturated/α-hetero) is 1. The van der Waals surface area contributed by atoms with Crippen LogP contribution in [0.15, 0.2) is 48.7 Å². The monoisotopic (exact) mass is 533 g/mol. The number of carbonyl (C=O) groups is 2. The van der Waals surface area contributed by atoms with Gasteiger partial charge in [0, 0.05) is 68.7 Å². The van der Waals surface area contributed by atoms with Crippen LogP contribution in [-0.2, 0) is 20.9 Å². The molecular weight excluding hydrogens is 501 g/mol. The molecule has 39 heavy (non-hydrogen) atoms. The highest BCUT2D eigenvalue weighted by atomic mass is 19.1. The van der Waals surface area contributed by atoms with Crippen LogP contribution < -0.4 is 10.2 Å². The number of amides is 1. The van der Waals surface area contributed by atoms with Crippen molar-refractivity contribution in [1.29, 1.82) is 0 Å². The van der Waals surface area contributed by atoms with Gasteiger partial charge in [-0.1, -0.05) is 6.07 Å². The number of piperidine rings is 1. The Labute approximate surface area is 226 Å². The van der Waals surface area contributed by atoms with Gasteiger partial charge in [-0.05, 0) is 60.4 Å². The Morgan fingerprint density at radius 1 is 1.21 bits per heavy atom. The topological polar surface area (TPSA) is 92.9 Å². The van der Waals surface area contributed by atoms with Gasteiger partial charge in [0.25, 0.3) is 5.91 Å². The fraction of sp³-hybridized carbons (Fsp3) is 0.400. The fourth-order valence-corrected chi connectivity index (χ4v) is 5.68. The van der Waals surface area contributed by atoms with Gasteiger partial charge in [-0.15, -0.1) is 0 Å². The molecule has 0 aliphatic carbocycles. The summed E-state index contributed by atoms with van der Waals surface area (Å²) in [6.45, 7) is 3.00. The van der Waals surface area contributed by atoms with E-state index in [0.717, 1.165) is 73.8 Å². The van der Waals surface area contributed by atoms with Gasteiger partial charge >= 0.3 is 0 Å². The summed E-state index contributed by atoms with van der Waals surface area (Å²) in [4.78, 5) is 36.1. The van der Waals surface area contributed by atoms with E-state index in [4.69, 9.17) is 14.3 Å². The molecule has 1 aromatic heterocycles. The molecular formula is C30H32FN3O5. The molecule has 0 radical (unpaired) electrons. The maximum absolute atomic E-state index is 13.5. The van der Waals surface area contributed by atoms with Crippen molar-refractivity contribution in [2.45, 2.75) is 57.0 Å². The van der Waals surface area contributed by atoms with Crippen LogP contribution in [0, 0.1) is 5.82 Å². The first-order valence-corrected chi connectivity index (χ1v) is 13.6. The van der Waals surface area contributed by atoms with E-state index in [0.29, 0.717) is 24.3 Å². The minimum Gasteiger partial charge on any atom is -0.486 e. The second-order valence-corrected chi connectivity index (χ2v) is 10.6. The minimum atomic E-state index is -0.500. The number of fused-ring (bicyclic) bond motifs is 2. The highest BCUT2D eigenvalue weighted by Gasteiger charge is 2.43. The molecule has 2 fully saturated rings. The van der Waals surface area contributed by atoms with Crippen molar-refractivity contribution >= 4 is 28.7 Å². The van der Waals surface area contributed by atoms with Crippen molar-refractivity contribution in [2.75, 3.05) is 19.7 Å². The zero-order chi connectivity index (χ0) is 26.8. The number of halogens is 1. The van der Waals surface area contributed by atoms with Gasteiger partial charge in [-0.25, -0.2) is 14.7 Å².